The molecule has 0 radical (unpaired) electrons. The molecule has 3 N–H and O–H groups in total. The molecule has 1 fully saturated rings. The van der Waals surface area contributed by atoms with Gasteiger partial charge in [0.15, 0.2) is 0 Å². The molecule has 0 aliphatic carbocycles. The Hall–Kier alpha value is -6.32. The minimum absolute atomic E-state index is 0.0472. The number of nitrogens with one attached hydrogen (secondary N) is 2. The first-order valence-corrected chi connectivity index (χ1v) is 19.2. The van der Waals surface area contributed by atoms with Crippen molar-refractivity contribution in [1.29, 1.82) is 0 Å². The number of halogens is 2. The minimum Gasteiger partial charge on any atom is -0.478 e. The topological polar surface area (TPSA) is 202 Å². The molecule has 1 amide bonds. The van der Waals surface area contributed by atoms with E-state index in [0.717, 1.165) is 24.6 Å². The van der Waals surface area contributed by atoms with Crippen LogP contribution >= 0.6 is 0 Å². The predicted molar refractivity (Wildman–Crippen MR) is 210 cm³/mol. The van der Waals surface area contributed by atoms with Gasteiger partial charge in [-0.15, -0.1) is 0 Å². The second kappa shape index (κ2) is 20.2. The van der Waals surface area contributed by atoms with E-state index in [1.54, 1.807) is 18.7 Å². The fourth-order valence-electron chi connectivity index (χ4n) is 6.66. The van der Waals surface area contributed by atoms with Crippen LogP contribution in [0.25, 0.3) is 22.1 Å². The number of carboxylic acid groups (broad SMARTS) is 1. The molecule has 0 bridgehead atoms. The van der Waals surface area contributed by atoms with Crippen LogP contribution in [0, 0.1) is 11.6 Å². The number of carbonyl (C=O) groups is 4. The second-order valence-corrected chi connectivity index (χ2v) is 13.7. The molecule has 0 unspecified atom stereocenters. The van der Waals surface area contributed by atoms with Crippen LogP contribution in [-0.4, -0.2) is 80.1 Å². The van der Waals surface area contributed by atoms with Crippen LogP contribution in [0.1, 0.15) is 102 Å². The molecule has 14 nitrogen and oxygen atoms in total. The molecule has 0 spiro atoms. The van der Waals surface area contributed by atoms with Gasteiger partial charge in [-0.1, -0.05) is 30.3 Å². The predicted octanol–water partition coefficient (Wildman–Crippen LogP) is 6.00. The highest BCUT2D eigenvalue weighted by atomic mass is 19.1. The fourth-order valence-corrected chi connectivity index (χ4v) is 6.66. The van der Waals surface area contributed by atoms with Gasteiger partial charge in [-0.2, -0.15) is 0 Å². The number of ether oxygens (including phenoxy) is 2. The first kappa shape index (κ1) is 42.8. The van der Waals surface area contributed by atoms with E-state index in [4.69, 9.17) is 14.6 Å². The highest BCUT2D eigenvalue weighted by Crippen LogP contribution is 2.29. The highest BCUT2D eigenvalue weighted by Gasteiger charge is 2.29. The summed E-state index contributed by atoms with van der Waals surface area (Å²) in [5.41, 5.74) is 1.23. The van der Waals surface area contributed by atoms with Gasteiger partial charge in [-0.3, -0.25) is 24.0 Å². The van der Waals surface area contributed by atoms with Crippen molar-refractivity contribution in [3.8, 4) is 0 Å². The van der Waals surface area contributed by atoms with Crippen molar-refractivity contribution in [2.75, 3.05) is 26.3 Å². The molecule has 0 saturated carbocycles. The van der Waals surface area contributed by atoms with Gasteiger partial charge in [0.25, 0.3) is 17.0 Å². The van der Waals surface area contributed by atoms with E-state index in [9.17, 15) is 37.5 Å². The number of aromatic carboxylic acids is 1. The lowest BCUT2D eigenvalue weighted by Gasteiger charge is -2.17. The summed E-state index contributed by atoms with van der Waals surface area (Å²) in [6.45, 7) is 5.24. The summed E-state index contributed by atoms with van der Waals surface area (Å²) in [7, 11) is 0. The van der Waals surface area contributed by atoms with Gasteiger partial charge in [0.1, 0.15) is 23.0 Å². The lowest BCUT2D eigenvalue weighted by Crippen LogP contribution is -2.29. The third-order valence-corrected chi connectivity index (χ3v) is 9.61. The highest BCUT2D eigenvalue weighted by molar-refractivity contribution is 5.98. The maximum atomic E-state index is 14.8. The number of rotatable bonds is 15. The van der Waals surface area contributed by atoms with Gasteiger partial charge in [0.05, 0.1) is 46.4 Å². The molecule has 306 valence electrons. The summed E-state index contributed by atoms with van der Waals surface area (Å²) in [4.78, 5) is 86.4. The van der Waals surface area contributed by atoms with Crippen LogP contribution in [0.3, 0.4) is 0 Å². The average Bonchev–Trinajstić information content (AvgIpc) is 3.69. The largest absolute Gasteiger partial charge is 0.478 e. The molecule has 1 atom stereocenters. The summed E-state index contributed by atoms with van der Waals surface area (Å²) < 4.78 is 38.1. The molecule has 3 aromatic carbocycles. The first-order valence-electron chi connectivity index (χ1n) is 19.2. The molecular formula is C42H45F2N5O9. The van der Waals surface area contributed by atoms with E-state index in [1.165, 1.54) is 11.6 Å². The maximum absolute atomic E-state index is 14.8. The van der Waals surface area contributed by atoms with E-state index in [1.807, 2.05) is 30.3 Å². The SMILES string of the molecule is CCOC(=O)CCCCc1nc2cc(C(=O)N3CC[C@@H](c4ccccc4)C3)c(F)cc2[nH]c1=O.CCOC(=O)CCCCc1nc2cc(C(=O)O)c(F)cc2[nH]c1=O. The van der Waals surface area contributed by atoms with Crippen LogP contribution in [0.5, 0.6) is 0 Å². The smallest absolute Gasteiger partial charge is 0.338 e. The number of H-pyrrole nitrogens is 2. The molecule has 16 heteroatoms. The third kappa shape index (κ3) is 11.2. The van der Waals surface area contributed by atoms with Crippen molar-refractivity contribution < 1.29 is 42.5 Å². The summed E-state index contributed by atoms with van der Waals surface area (Å²) >= 11 is 0. The number of aromatic nitrogens is 4. The third-order valence-electron chi connectivity index (χ3n) is 9.61. The molecule has 1 aliphatic heterocycles. The molecule has 58 heavy (non-hydrogen) atoms. The van der Waals surface area contributed by atoms with Crippen molar-refractivity contribution in [2.45, 2.75) is 77.6 Å². The van der Waals surface area contributed by atoms with Crippen LogP contribution in [-0.2, 0) is 31.9 Å². The summed E-state index contributed by atoms with van der Waals surface area (Å²) in [6.07, 6.45) is 4.31. The lowest BCUT2D eigenvalue weighted by atomic mass is 9.99. The molecule has 5 aromatic rings. The van der Waals surface area contributed by atoms with Crippen molar-refractivity contribution in [2.24, 2.45) is 0 Å². The number of aryl methyl sites for hydroxylation is 2. The van der Waals surface area contributed by atoms with Crippen LogP contribution in [0.4, 0.5) is 8.78 Å². The Morgan fingerprint density at radius 1 is 0.759 bits per heavy atom. The monoisotopic (exact) mass is 801 g/mol. The lowest BCUT2D eigenvalue weighted by molar-refractivity contribution is -0.144. The zero-order chi connectivity index (χ0) is 41.8. The number of likely N-dealkylation sites (tertiary alicyclic amines) is 1. The molecule has 1 aliphatic rings. The molecule has 6 rings (SSSR count). The van der Waals surface area contributed by atoms with Gasteiger partial charge >= 0.3 is 17.9 Å². The van der Waals surface area contributed by atoms with Gasteiger partial charge in [-0.05, 0) is 76.5 Å². The van der Waals surface area contributed by atoms with Crippen molar-refractivity contribution in [3.05, 3.63) is 115 Å². The zero-order valence-electron chi connectivity index (χ0n) is 32.3. The Bertz CT molecular complexity index is 2400. The fraction of sp³-hybridized carbons (Fsp3) is 0.381. The second-order valence-electron chi connectivity index (χ2n) is 13.7. The number of carboxylic acids is 1. The number of aromatic amines is 2. The first-order chi connectivity index (χ1) is 27.9. The number of hydrogen-bond acceptors (Lipinski definition) is 10. The van der Waals surface area contributed by atoms with Gasteiger partial charge < -0.3 is 29.4 Å². The molecular weight excluding hydrogens is 756 g/mol. The normalized spacial score (nSPS) is 13.6. The van der Waals surface area contributed by atoms with Crippen LogP contribution < -0.4 is 11.1 Å². The minimum atomic E-state index is -1.40. The van der Waals surface area contributed by atoms with E-state index in [2.05, 4.69) is 19.9 Å². The van der Waals surface area contributed by atoms with E-state index >= 15 is 0 Å². The number of nitrogens with zero attached hydrogens (tertiary/aromatic N) is 3. The zero-order valence-corrected chi connectivity index (χ0v) is 32.3. The van der Waals surface area contributed by atoms with E-state index < -0.39 is 34.3 Å². The van der Waals surface area contributed by atoms with E-state index in [0.29, 0.717) is 76.0 Å². The van der Waals surface area contributed by atoms with Crippen LogP contribution in [0.2, 0.25) is 0 Å². The number of benzene rings is 3. The summed E-state index contributed by atoms with van der Waals surface area (Å²) in [6, 6.07) is 14.6. The number of amides is 1. The van der Waals surface area contributed by atoms with Gasteiger partial charge in [-0.25, -0.2) is 23.5 Å². The Kier molecular flexibility index (Phi) is 14.9. The van der Waals surface area contributed by atoms with Crippen molar-refractivity contribution in [3.63, 3.8) is 0 Å². The number of unbranched alkanes of at least 4 members (excludes halogenated alkanes) is 2. The Morgan fingerprint density at radius 2 is 1.26 bits per heavy atom. The van der Waals surface area contributed by atoms with Gasteiger partial charge in [0, 0.05) is 44.0 Å². The molecule has 2 aromatic heterocycles. The number of carbonyl (C=O) groups excluding carboxylic acids is 3. The quantitative estimate of drug-likeness (QED) is 0.0828. The number of fused-ring (bicyclic) bond motifs is 2. The summed E-state index contributed by atoms with van der Waals surface area (Å²) in [5.74, 6) is -3.73. The number of hydrogen-bond donors (Lipinski definition) is 3. The maximum Gasteiger partial charge on any atom is 0.338 e. The molecule has 3 heterocycles. The molecule has 1 saturated heterocycles. The Morgan fingerprint density at radius 3 is 1.76 bits per heavy atom. The number of esters is 2. The van der Waals surface area contributed by atoms with Crippen molar-refractivity contribution in [1.82, 2.24) is 24.8 Å². The van der Waals surface area contributed by atoms with Crippen LogP contribution in [0.15, 0.2) is 64.2 Å². The van der Waals surface area contributed by atoms with E-state index in [-0.39, 0.29) is 64.4 Å². The standard InChI is InChI=1S/C26H28FN3O4.C16H17FN2O5/c1-2-34-24(31)11-7-6-10-21-25(32)29-23-15-20(27)19(14-22(23)28-21)26(33)30-13-12-18(16-30)17-8-4-3-5-9-17;1-2-24-14(20)6-4-3-5-11-15(21)19-13-8-10(17)9(16(22)23)7-12(13)18-11/h3-5,8-9,14-15,18H,2,6-7,10-13,16H2,1H3,(H,29,32);7-8H,2-6H2,1H3,(H,19,21)(H,22,23)/t18-;/m1./s1. The average molecular weight is 802 g/mol. The Labute approximate surface area is 331 Å². The summed E-state index contributed by atoms with van der Waals surface area (Å²) in [5, 5.41) is 8.93. The van der Waals surface area contributed by atoms with Crippen molar-refractivity contribution >= 4 is 45.9 Å². The Balaban J connectivity index is 0.000000235. The van der Waals surface area contributed by atoms with Gasteiger partial charge in [0.2, 0.25) is 0 Å².